The fourth-order valence-electron chi connectivity index (χ4n) is 3.70. The van der Waals surface area contributed by atoms with E-state index in [4.69, 9.17) is 14.2 Å². The van der Waals surface area contributed by atoms with E-state index in [1.165, 1.54) is 5.57 Å². The lowest BCUT2D eigenvalue weighted by Crippen LogP contribution is -2.33. The minimum Gasteiger partial charge on any atom is -0.497 e. The molecule has 0 amide bonds. The molecule has 1 aliphatic heterocycles. The second-order valence-corrected chi connectivity index (χ2v) is 6.96. The molecule has 0 aromatic heterocycles. The number of aliphatic hydroxyl groups is 1. The molecule has 1 unspecified atom stereocenters. The van der Waals surface area contributed by atoms with Crippen LogP contribution in [-0.4, -0.2) is 57.1 Å². The third kappa shape index (κ3) is 4.66. The van der Waals surface area contributed by atoms with Gasteiger partial charge in [-0.3, -0.25) is 4.90 Å². The minimum absolute atomic E-state index is 0.201. The van der Waals surface area contributed by atoms with Gasteiger partial charge in [0, 0.05) is 12.6 Å². The third-order valence-electron chi connectivity index (χ3n) is 5.29. The summed E-state index contributed by atoms with van der Waals surface area (Å²) in [5, 5.41) is 9.70. The molecule has 1 fully saturated rings. The highest BCUT2D eigenvalue weighted by molar-refractivity contribution is 5.83. The standard InChI is InChI=1S/C23H29NO4/c1-26-21-9-7-18(8-10-21)19(15-24-12-4-5-20(24)16-25)13-17-6-11-22(27-2)23(14-17)28-3/h6-11,13-14,20,25H,4-5,12,15-16H2,1-3H3/b19-13-. The van der Waals surface area contributed by atoms with Gasteiger partial charge in [0.2, 0.25) is 0 Å². The maximum Gasteiger partial charge on any atom is 0.161 e. The van der Waals surface area contributed by atoms with Gasteiger partial charge in [0.15, 0.2) is 11.5 Å². The molecule has 1 heterocycles. The molecule has 2 aromatic rings. The van der Waals surface area contributed by atoms with Gasteiger partial charge in [0.1, 0.15) is 5.75 Å². The highest BCUT2D eigenvalue weighted by atomic mass is 16.5. The van der Waals surface area contributed by atoms with Crippen LogP contribution in [0, 0.1) is 0 Å². The van der Waals surface area contributed by atoms with Crippen LogP contribution >= 0.6 is 0 Å². The lowest BCUT2D eigenvalue weighted by atomic mass is 10.0. The Morgan fingerprint density at radius 1 is 1.04 bits per heavy atom. The lowest BCUT2D eigenvalue weighted by Gasteiger charge is -2.24. The highest BCUT2D eigenvalue weighted by Gasteiger charge is 2.24. The van der Waals surface area contributed by atoms with Crippen LogP contribution in [-0.2, 0) is 0 Å². The van der Waals surface area contributed by atoms with Crippen molar-refractivity contribution in [1.29, 1.82) is 0 Å². The monoisotopic (exact) mass is 383 g/mol. The van der Waals surface area contributed by atoms with E-state index in [1.54, 1.807) is 21.3 Å². The van der Waals surface area contributed by atoms with Gasteiger partial charge >= 0.3 is 0 Å². The molecule has 0 aliphatic carbocycles. The normalized spacial score (nSPS) is 17.6. The molecule has 0 radical (unpaired) electrons. The number of methoxy groups -OCH3 is 3. The SMILES string of the molecule is COc1ccc(/C(=C\c2ccc(OC)c(OC)c2)CN2CCCC2CO)cc1. The van der Waals surface area contributed by atoms with Gasteiger partial charge in [0.05, 0.1) is 27.9 Å². The molecular weight excluding hydrogens is 354 g/mol. The molecule has 0 saturated carbocycles. The van der Waals surface area contributed by atoms with E-state index in [-0.39, 0.29) is 12.6 Å². The number of nitrogens with zero attached hydrogens (tertiary/aromatic N) is 1. The Kier molecular flexibility index (Phi) is 6.95. The van der Waals surface area contributed by atoms with E-state index in [2.05, 4.69) is 23.1 Å². The predicted molar refractivity (Wildman–Crippen MR) is 112 cm³/mol. The van der Waals surface area contributed by atoms with Crippen molar-refractivity contribution in [1.82, 2.24) is 4.90 Å². The Morgan fingerprint density at radius 3 is 2.43 bits per heavy atom. The van der Waals surface area contributed by atoms with Gasteiger partial charge in [-0.1, -0.05) is 18.2 Å². The van der Waals surface area contributed by atoms with E-state index in [0.29, 0.717) is 11.5 Å². The van der Waals surface area contributed by atoms with Gasteiger partial charge < -0.3 is 19.3 Å². The van der Waals surface area contributed by atoms with Gasteiger partial charge in [-0.15, -0.1) is 0 Å². The summed E-state index contributed by atoms with van der Waals surface area (Å²) in [5.41, 5.74) is 3.37. The topological polar surface area (TPSA) is 51.2 Å². The molecule has 28 heavy (non-hydrogen) atoms. The van der Waals surface area contributed by atoms with Crippen molar-refractivity contribution in [3.8, 4) is 17.2 Å². The summed E-state index contributed by atoms with van der Waals surface area (Å²) in [4.78, 5) is 2.36. The van der Waals surface area contributed by atoms with E-state index < -0.39 is 0 Å². The molecule has 2 aromatic carbocycles. The van der Waals surface area contributed by atoms with Crippen LogP contribution in [0.15, 0.2) is 42.5 Å². The molecule has 0 bridgehead atoms. The van der Waals surface area contributed by atoms with Crippen molar-refractivity contribution >= 4 is 11.6 Å². The van der Waals surface area contributed by atoms with Crippen molar-refractivity contribution in [3.05, 3.63) is 53.6 Å². The summed E-state index contributed by atoms with van der Waals surface area (Å²) < 4.78 is 16.1. The summed E-state index contributed by atoms with van der Waals surface area (Å²) in [6.45, 7) is 1.99. The molecular formula is C23H29NO4. The quantitative estimate of drug-likeness (QED) is 0.705. The van der Waals surface area contributed by atoms with E-state index >= 15 is 0 Å². The average Bonchev–Trinajstić information content (AvgIpc) is 3.20. The summed E-state index contributed by atoms with van der Waals surface area (Å²) >= 11 is 0. The van der Waals surface area contributed by atoms with Crippen molar-refractivity contribution in [2.24, 2.45) is 0 Å². The van der Waals surface area contributed by atoms with Crippen molar-refractivity contribution in [2.75, 3.05) is 41.0 Å². The van der Waals surface area contributed by atoms with Crippen LogP contribution in [0.2, 0.25) is 0 Å². The maximum atomic E-state index is 9.70. The third-order valence-corrected chi connectivity index (χ3v) is 5.29. The summed E-state index contributed by atoms with van der Waals surface area (Å²) in [7, 11) is 4.95. The summed E-state index contributed by atoms with van der Waals surface area (Å²) in [6.07, 6.45) is 4.34. The second kappa shape index (κ2) is 9.62. The Bertz CT molecular complexity index is 801. The zero-order chi connectivity index (χ0) is 19.9. The largest absolute Gasteiger partial charge is 0.497 e. The van der Waals surface area contributed by atoms with E-state index in [1.807, 2.05) is 30.3 Å². The molecule has 3 rings (SSSR count). The van der Waals surface area contributed by atoms with Crippen LogP contribution in [0.5, 0.6) is 17.2 Å². The van der Waals surface area contributed by atoms with Crippen LogP contribution in [0.25, 0.3) is 11.6 Å². The van der Waals surface area contributed by atoms with Crippen molar-refractivity contribution in [2.45, 2.75) is 18.9 Å². The van der Waals surface area contributed by atoms with Crippen LogP contribution < -0.4 is 14.2 Å². The molecule has 5 heteroatoms. The molecule has 0 spiro atoms. The summed E-state index contributed by atoms with van der Waals surface area (Å²) in [5.74, 6) is 2.26. The zero-order valence-corrected chi connectivity index (χ0v) is 16.9. The Labute approximate surface area is 167 Å². The number of likely N-dealkylation sites (tertiary alicyclic amines) is 1. The van der Waals surface area contributed by atoms with Gasteiger partial charge in [0.25, 0.3) is 0 Å². The Balaban J connectivity index is 1.95. The highest BCUT2D eigenvalue weighted by Crippen LogP contribution is 2.31. The van der Waals surface area contributed by atoms with Crippen LogP contribution in [0.4, 0.5) is 0 Å². The number of hydrogen-bond acceptors (Lipinski definition) is 5. The lowest BCUT2D eigenvalue weighted by molar-refractivity contribution is 0.172. The molecule has 150 valence electrons. The van der Waals surface area contributed by atoms with Gasteiger partial charge in [-0.25, -0.2) is 0 Å². The molecule has 1 N–H and O–H groups in total. The zero-order valence-electron chi connectivity index (χ0n) is 16.9. The average molecular weight is 383 g/mol. The first-order valence-electron chi connectivity index (χ1n) is 9.60. The van der Waals surface area contributed by atoms with E-state index in [0.717, 1.165) is 42.8 Å². The number of hydrogen-bond donors (Lipinski definition) is 1. The Hall–Kier alpha value is -2.50. The summed E-state index contributed by atoms with van der Waals surface area (Å²) in [6, 6.07) is 14.3. The van der Waals surface area contributed by atoms with E-state index in [9.17, 15) is 5.11 Å². The fraction of sp³-hybridized carbons (Fsp3) is 0.391. The van der Waals surface area contributed by atoms with Crippen molar-refractivity contribution in [3.63, 3.8) is 0 Å². The molecule has 1 atom stereocenters. The smallest absolute Gasteiger partial charge is 0.161 e. The first kappa shape index (κ1) is 20.2. The number of rotatable bonds is 8. The molecule has 1 aliphatic rings. The van der Waals surface area contributed by atoms with Gasteiger partial charge in [-0.05, 0) is 66.4 Å². The predicted octanol–water partition coefficient (Wildman–Crippen LogP) is 3.71. The number of ether oxygens (including phenoxy) is 3. The molecule has 1 saturated heterocycles. The second-order valence-electron chi connectivity index (χ2n) is 6.96. The minimum atomic E-state index is 0.201. The maximum absolute atomic E-state index is 9.70. The fourth-order valence-corrected chi connectivity index (χ4v) is 3.70. The Morgan fingerprint density at radius 2 is 1.79 bits per heavy atom. The van der Waals surface area contributed by atoms with Gasteiger partial charge in [-0.2, -0.15) is 0 Å². The van der Waals surface area contributed by atoms with Crippen molar-refractivity contribution < 1.29 is 19.3 Å². The first-order valence-corrected chi connectivity index (χ1v) is 9.60. The van der Waals surface area contributed by atoms with Crippen LogP contribution in [0.3, 0.4) is 0 Å². The van der Waals surface area contributed by atoms with Crippen LogP contribution in [0.1, 0.15) is 24.0 Å². The number of benzene rings is 2. The number of aliphatic hydroxyl groups excluding tert-OH is 1. The first-order chi connectivity index (χ1) is 13.7. The molecule has 5 nitrogen and oxygen atoms in total.